The normalized spacial score (nSPS) is 11.6. The minimum Gasteiger partial charge on any atom is -0.480 e. The first-order chi connectivity index (χ1) is 7.63. The molecule has 16 heavy (non-hydrogen) atoms. The number of amides is 2. The summed E-state index contributed by atoms with van der Waals surface area (Å²) in [5.74, 6) is -1.08. The van der Waals surface area contributed by atoms with Gasteiger partial charge in [0.2, 0.25) is 0 Å². The number of nitrogens with one attached hydrogen (secondary N) is 2. The smallest absolute Gasteiger partial charge is 0.326 e. The van der Waals surface area contributed by atoms with Crippen LogP contribution in [-0.4, -0.2) is 38.3 Å². The van der Waals surface area contributed by atoms with Crippen LogP contribution >= 0.6 is 0 Å². The fourth-order valence-electron chi connectivity index (χ4n) is 0.939. The van der Waals surface area contributed by atoms with Crippen LogP contribution in [0.2, 0.25) is 0 Å². The van der Waals surface area contributed by atoms with E-state index in [9.17, 15) is 9.59 Å². The number of carboxylic acids is 1. The molecule has 8 heteroatoms. The van der Waals surface area contributed by atoms with Crippen LogP contribution in [0.4, 0.5) is 10.7 Å². The molecule has 0 fully saturated rings. The maximum atomic E-state index is 11.3. The monoisotopic (exact) mass is 225 g/mol. The first-order valence-electron chi connectivity index (χ1n) is 4.57. The Balaban J connectivity index is 2.50. The van der Waals surface area contributed by atoms with Crippen LogP contribution in [0.1, 0.15) is 13.3 Å². The number of rotatable bonds is 4. The van der Waals surface area contributed by atoms with Crippen LogP contribution in [0, 0.1) is 0 Å². The fourth-order valence-corrected chi connectivity index (χ4v) is 0.939. The zero-order valence-corrected chi connectivity index (χ0v) is 8.54. The summed E-state index contributed by atoms with van der Waals surface area (Å²) in [5, 5.41) is 20.2. The van der Waals surface area contributed by atoms with Crippen LogP contribution in [0.15, 0.2) is 12.4 Å². The van der Waals surface area contributed by atoms with Crippen molar-refractivity contribution in [1.82, 2.24) is 20.5 Å². The zero-order chi connectivity index (χ0) is 12.0. The van der Waals surface area contributed by atoms with E-state index in [1.165, 1.54) is 12.4 Å². The highest BCUT2D eigenvalue weighted by atomic mass is 16.4. The number of carbonyl (C=O) groups is 2. The second-order valence-corrected chi connectivity index (χ2v) is 2.86. The molecule has 0 aliphatic rings. The molecule has 0 unspecified atom stereocenters. The third kappa shape index (κ3) is 3.48. The lowest BCUT2D eigenvalue weighted by Crippen LogP contribution is -2.42. The van der Waals surface area contributed by atoms with Crippen molar-refractivity contribution < 1.29 is 14.7 Å². The van der Waals surface area contributed by atoms with Crippen molar-refractivity contribution in [2.24, 2.45) is 0 Å². The lowest BCUT2D eigenvalue weighted by Gasteiger charge is -2.11. The van der Waals surface area contributed by atoms with E-state index in [1.807, 2.05) is 0 Å². The number of carbonyl (C=O) groups excluding carboxylic acids is 1. The number of carboxylic acid groups (broad SMARTS) is 1. The van der Waals surface area contributed by atoms with E-state index < -0.39 is 18.0 Å². The molecule has 0 aliphatic carbocycles. The highest BCUT2D eigenvalue weighted by Crippen LogP contribution is 1.94. The van der Waals surface area contributed by atoms with Crippen LogP contribution in [0.3, 0.4) is 0 Å². The summed E-state index contributed by atoms with van der Waals surface area (Å²) in [7, 11) is 0. The largest absolute Gasteiger partial charge is 0.480 e. The summed E-state index contributed by atoms with van der Waals surface area (Å²) in [6.07, 6.45) is 3.00. The zero-order valence-electron chi connectivity index (χ0n) is 8.54. The Bertz CT molecular complexity index is 369. The number of anilines is 1. The standard InChI is InChI=1S/C8H11N5O3/c1-2-5(6(14)15)11-8(16)12-7-9-3-4-10-13-7/h3-5H,2H2,1H3,(H,14,15)(H2,9,11,12,13,16)/t5-/m0/s1. The van der Waals surface area contributed by atoms with Gasteiger partial charge in [0.1, 0.15) is 6.04 Å². The highest BCUT2D eigenvalue weighted by molar-refractivity contribution is 5.90. The molecular weight excluding hydrogens is 214 g/mol. The van der Waals surface area contributed by atoms with Gasteiger partial charge in [-0.3, -0.25) is 5.32 Å². The van der Waals surface area contributed by atoms with Crippen molar-refractivity contribution >= 4 is 17.9 Å². The van der Waals surface area contributed by atoms with E-state index in [1.54, 1.807) is 6.92 Å². The summed E-state index contributed by atoms with van der Waals surface area (Å²) in [5.41, 5.74) is 0. The van der Waals surface area contributed by atoms with Crippen molar-refractivity contribution in [3.63, 3.8) is 0 Å². The van der Waals surface area contributed by atoms with Gasteiger partial charge in [-0.1, -0.05) is 6.92 Å². The third-order valence-corrected chi connectivity index (χ3v) is 1.72. The molecule has 1 aromatic heterocycles. The molecule has 0 saturated carbocycles. The number of hydrogen-bond acceptors (Lipinski definition) is 5. The van der Waals surface area contributed by atoms with E-state index in [0.717, 1.165) is 0 Å². The lowest BCUT2D eigenvalue weighted by molar-refractivity contribution is -0.139. The minimum absolute atomic E-state index is 0.0141. The molecular formula is C8H11N5O3. The Morgan fingerprint density at radius 3 is 2.75 bits per heavy atom. The Morgan fingerprint density at radius 1 is 1.50 bits per heavy atom. The molecule has 0 aliphatic heterocycles. The van der Waals surface area contributed by atoms with Gasteiger partial charge in [0.15, 0.2) is 0 Å². The van der Waals surface area contributed by atoms with Gasteiger partial charge in [-0.25, -0.2) is 14.6 Å². The van der Waals surface area contributed by atoms with E-state index in [-0.39, 0.29) is 12.4 Å². The molecule has 8 nitrogen and oxygen atoms in total. The molecule has 1 aromatic rings. The number of hydrogen-bond donors (Lipinski definition) is 3. The molecule has 1 heterocycles. The molecule has 2 amide bonds. The second-order valence-electron chi connectivity index (χ2n) is 2.86. The van der Waals surface area contributed by atoms with Gasteiger partial charge in [-0.2, -0.15) is 5.10 Å². The molecule has 1 rings (SSSR count). The topological polar surface area (TPSA) is 117 Å². The summed E-state index contributed by atoms with van der Waals surface area (Å²) in [6.45, 7) is 1.65. The molecule has 86 valence electrons. The summed E-state index contributed by atoms with van der Waals surface area (Å²) < 4.78 is 0. The van der Waals surface area contributed by atoms with Gasteiger partial charge in [0.05, 0.1) is 12.4 Å². The van der Waals surface area contributed by atoms with Gasteiger partial charge in [0.25, 0.3) is 5.95 Å². The Kier molecular flexibility index (Phi) is 4.13. The molecule has 0 bridgehead atoms. The predicted molar refractivity (Wildman–Crippen MR) is 53.7 cm³/mol. The van der Waals surface area contributed by atoms with E-state index in [4.69, 9.17) is 5.11 Å². The Morgan fingerprint density at radius 2 is 2.25 bits per heavy atom. The summed E-state index contributed by atoms with van der Waals surface area (Å²) in [4.78, 5) is 25.6. The quantitative estimate of drug-likeness (QED) is 0.656. The van der Waals surface area contributed by atoms with Crippen LogP contribution in [-0.2, 0) is 4.79 Å². The molecule has 3 N–H and O–H groups in total. The van der Waals surface area contributed by atoms with Gasteiger partial charge < -0.3 is 10.4 Å². The fraction of sp³-hybridized carbons (Fsp3) is 0.375. The SMILES string of the molecule is CC[C@H](NC(=O)Nc1nccnn1)C(=O)O. The highest BCUT2D eigenvalue weighted by Gasteiger charge is 2.17. The summed E-state index contributed by atoms with van der Waals surface area (Å²) >= 11 is 0. The molecule has 0 aromatic carbocycles. The third-order valence-electron chi connectivity index (χ3n) is 1.72. The van der Waals surface area contributed by atoms with Gasteiger partial charge in [-0.05, 0) is 6.42 Å². The second kappa shape index (κ2) is 5.59. The van der Waals surface area contributed by atoms with E-state index in [2.05, 4.69) is 25.8 Å². The van der Waals surface area contributed by atoms with Crippen molar-refractivity contribution in [3.8, 4) is 0 Å². The Hall–Kier alpha value is -2.25. The average molecular weight is 225 g/mol. The van der Waals surface area contributed by atoms with E-state index in [0.29, 0.717) is 0 Å². The van der Waals surface area contributed by atoms with Crippen molar-refractivity contribution in [2.45, 2.75) is 19.4 Å². The van der Waals surface area contributed by atoms with E-state index >= 15 is 0 Å². The average Bonchev–Trinajstić information content (AvgIpc) is 2.27. The number of urea groups is 1. The number of aliphatic carboxylic acids is 1. The van der Waals surface area contributed by atoms with Crippen LogP contribution < -0.4 is 10.6 Å². The molecule has 0 saturated heterocycles. The lowest BCUT2D eigenvalue weighted by atomic mass is 10.2. The summed E-state index contributed by atoms with van der Waals surface area (Å²) in [6, 6.07) is -1.61. The van der Waals surface area contributed by atoms with Crippen LogP contribution in [0.25, 0.3) is 0 Å². The number of nitrogens with zero attached hydrogens (tertiary/aromatic N) is 3. The first kappa shape index (κ1) is 11.8. The maximum Gasteiger partial charge on any atom is 0.326 e. The molecule has 1 atom stereocenters. The maximum absolute atomic E-state index is 11.3. The Labute approximate surface area is 91.1 Å². The van der Waals surface area contributed by atoms with Crippen molar-refractivity contribution in [2.75, 3.05) is 5.32 Å². The van der Waals surface area contributed by atoms with Crippen molar-refractivity contribution in [3.05, 3.63) is 12.4 Å². The van der Waals surface area contributed by atoms with Gasteiger partial charge >= 0.3 is 12.0 Å². The van der Waals surface area contributed by atoms with Gasteiger partial charge in [-0.15, -0.1) is 5.10 Å². The predicted octanol–water partition coefficient (Wildman–Crippen LogP) is -0.144. The molecule has 0 radical (unpaired) electrons. The van der Waals surface area contributed by atoms with Crippen molar-refractivity contribution in [1.29, 1.82) is 0 Å². The van der Waals surface area contributed by atoms with Gasteiger partial charge in [0, 0.05) is 0 Å². The minimum atomic E-state index is -1.09. The molecule has 0 spiro atoms. The number of aromatic nitrogens is 3. The van der Waals surface area contributed by atoms with Crippen LogP contribution in [0.5, 0.6) is 0 Å². The first-order valence-corrected chi connectivity index (χ1v) is 4.57.